The number of carbonyl (C=O) groups is 1. The van der Waals surface area contributed by atoms with Crippen LogP contribution in [-0.4, -0.2) is 10.8 Å². The van der Waals surface area contributed by atoms with Gasteiger partial charge in [0.2, 0.25) is 5.91 Å². The number of nitrogens with zero attached hydrogens (tertiary/aromatic N) is 1. The smallest absolute Gasteiger partial charge is 0.269 e. The zero-order valence-electron chi connectivity index (χ0n) is 15.4. The van der Waals surface area contributed by atoms with Crippen molar-refractivity contribution in [1.29, 1.82) is 0 Å². The fourth-order valence-corrected chi connectivity index (χ4v) is 2.70. The van der Waals surface area contributed by atoms with Gasteiger partial charge in [-0.3, -0.25) is 14.9 Å². The zero-order valence-corrected chi connectivity index (χ0v) is 15.4. The number of anilines is 1. The van der Waals surface area contributed by atoms with Crippen LogP contribution in [0.15, 0.2) is 72.8 Å². The molecule has 1 amide bonds. The fourth-order valence-electron chi connectivity index (χ4n) is 2.70. The highest BCUT2D eigenvalue weighted by atomic mass is 16.6. The minimum absolute atomic E-state index is 0.000657. The summed E-state index contributed by atoms with van der Waals surface area (Å²) in [4.78, 5) is 22.7. The van der Waals surface area contributed by atoms with Crippen LogP contribution in [0, 0.1) is 17.0 Å². The van der Waals surface area contributed by atoms with Crippen molar-refractivity contribution in [2.24, 2.45) is 0 Å². The molecule has 3 aromatic rings. The number of nitrogens with one attached hydrogen (secondary N) is 1. The van der Waals surface area contributed by atoms with Crippen LogP contribution >= 0.6 is 0 Å². The van der Waals surface area contributed by atoms with E-state index in [-0.39, 0.29) is 18.0 Å². The molecule has 28 heavy (non-hydrogen) atoms. The Kier molecular flexibility index (Phi) is 6.01. The standard InChI is InChI=1S/C22H20N2O4/c1-16-7-12-20(21(13-16)28-15-18-5-3-2-4-6-18)23-22(25)14-17-8-10-19(11-9-17)24(26)27/h2-13H,14-15H2,1H3,(H,23,25). The van der Waals surface area contributed by atoms with Crippen molar-refractivity contribution < 1.29 is 14.5 Å². The number of benzene rings is 3. The fraction of sp³-hybridized carbons (Fsp3) is 0.136. The number of nitro groups is 1. The van der Waals surface area contributed by atoms with E-state index >= 15 is 0 Å². The number of amides is 1. The van der Waals surface area contributed by atoms with Crippen LogP contribution in [0.25, 0.3) is 0 Å². The third kappa shape index (κ3) is 5.17. The number of rotatable bonds is 7. The number of non-ortho nitro benzene ring substituents is 1. The van der Waals surface area contributed by atoms with Gasteiger partial charge < -0.3 is 10.1 Å². The molecule has 0 radical (unpaired) electrons. The lowest BCUT2D eigenvalue weighted by atomic mass is 10.1. The third-order valence-corrected chi connectivity index (χ3v) is 4.16. The number of aryl methyl sites for hydroxylation is 1. The van der Waals surface area contributed by atoms with Gasteiger partial charge >= 0.3 is 0 Å². The van der Waals surface area contributed by atoms with Gasteiger partial charge in [0, 0.05) is 12.1 Å². The summed E-state index contributed by atoms with van der Waals surface area (Å²) < 4.78 is 5.91. The lowest BCUT2D eigenvalue weighted by molar-refractivity contribution is -0.384. The van der Waals surface area contributed by atoms with Crippen molar-refractivity contribution in [2.75, 3.05) is 5.32 Å². The van der Waals surface area contributed by atoms with Crippen molar-refractivity contribution >= 4 is 17.3 Å². The molecule has 3 rings (SSSR count). The van der Waals surface area contributed by atoms with Crippen LogP contribution in [0.2, 0.25) is 0 Å². The van der Waals surface area contributed by atoms with E-state index in [1.165, 1.54) is 12.1 Å². The first kappa shape index (κ1) is 19.1. The molecule has 0 saturated heterocycles. The van der Waals surface area contributed by atoms with Gasteiger partial charge in [0.1, 0.15) is 12.4 Å². The first-order chi connectivity index (χ1) is 13.5. The molecule has 0 bridgehead atoms. The average molecular weight is 376 g/mol. The van der Waals surface area contributed by atoms with Crippen LogP contribution in [0.1, 0.15) is 16.7 Å². The van der Waals surface area contributed by atoms with E-state index in [0.29, 0.717) is 23.6 Å². The maximum Gasteiger partial charge on any atom is 0.269 e. The monoisotopic (exact) mass is 376 g/mol. The highest BCUT2D eigenvalue weighted by molar-refractivity contribution is 5.93. The maximum absolute atomic E-state index is 12.4. The molecule has 3 aromatic carbocycles. The molecule has 0 fully saturated rings. The van der Waals surface area contributed by atoms with E-state index in [1.807, 2.05) is 55.5 Å². The predicted molar refractivity (Wildman–Crippen MR) is 107 cm³/mol. The number of hydrogen-bond donors (Lipinski definition) is 1. The van der Waals surface area contributed by atoms with Crippen molar-refractivity contribution in [3.63, 3.8) is 0 Å². The SMILES string of the molecule is Cc1ccc(NC(=O)Cc2ccc([N+](=O)[O-])cc2)c(OCc2ccccc2)c1. The van der Waals surface area contributed by atoms with Crippen LogP contribution in [0.5, 0.6) is 5.75 Å². The molecule has 0 aromatic heterocycles. The van der Waals surface area contributed by atoms with Crippen molar-refractivity contribution in [2.45, 2.75) is 20.0 Å². The summed E-state index contributed by atoms with van der Waals surface area (Å²) >= 11 is 0. The zero-order chi connectivity index (χ0) is 19.9. The molecule has 1 N–H and O–H groups in total. The molecule has 0 heterocycles. The Labute approximate surface area is 162 Å². The second-order valence-electron chi connectivity index (χ2n) is 6.42. The maximum atomic E-state index is 12.4. The van der Waals surface area contributed by atoms with Crippen LogP contribution in [-0.2, 0) is 17.8 Å². The van der Waals surface area contributed by atoms with Gasteiger partial charge in [0.25, 0.3) is 5.69 Å². The first-order valence-corrected chi connectivity index (χ1v) is 8.82. The Balaban J connectivity index is 1.67. The highest BCUT2D eigenvalue weighted by Crippen LogP contribution is 2.27. The van der Waals surface area contributed by atoms with E-state index in [9.17, 15) is 14.9 Å². The molecule has 0 aliphatic carbocycles. The quantitative estimate of drug-likeness (QED) is 0.480. The summed E-state index contributed by atoms with van der Waals surface area (Å²) in [6.07, 6.45) is 0.115. The lowest BCUT2D eigenvalue weighted by Gasteiger charge is -2.14. The largest absolute Gasteiger partial charge is 0.487 e. The van der Waals surface area contributed by atoms with E-state index in [2.05, 4.69) is 5.32 Å². The van der Waals surface area contributed by atoms with Gasteiger partial charge in [-0.2, -0.15) is 0 Å². The molecular formula is C22H20N2O4. The van der Waals surface area contributed by atoms with Crippen molar-refractivity contribution in [3.8, 4) is 5.75 Å². The average Bonchev–Trinajstić information content (AvgIpc) is 2.69. The Hall–Kier alpha value is -3.67. The van der Waals surface area contributed by atoms with Crippen LogP contribution in [0.3, 0.4) is 0 Å². The van der Waals surface area contributed by atoms with Crippen LogP contribution < -0.4 is 10.1 Å². The third-order valence-electron chi connectivity index (χ3n) is 4.16. The second-order valence-corrected chi connectivity index (χ2v) is 6.42. The van der Waals surface area contributed by atoms with E-state index < -0.39 is 4.92 Å². The Bertz CT molecular complexity index is 970. The van der Waals surface area contributed by atoms with Gasteiger partial charge in [-0.15, -0.1) is 0 Å². The van der Waals surface area contributed by atoms with Crippen molar-refractivity contribution in [3.05, 3.63) is 99.6 Å². The van der Waals surface area contributed by atoms with Crippen molar-refractivity contribution in [1.82, 2.24) is 0 Å². The Morgan fingerprint density at radius 2 is 1.71 bits per heavy atom. The molecule has 0 aliphatic rings. The number of ether oxygens (including phenoxy) is 1. The summed E-state index contributed by atoms with van der Waals surface area (Å²) in [6, 6.07) is 21.3. The molecular weight excluding hydrogens is 356 g/mol. The topological polar surface area (TPSA) is 81.5 Å². The minimum atomic E-state index is -0.466. The summed E-state index contributed by atoms with van der Waals surface area (Å²) in [7, 11) is 0. The summed E-state index contributed by atoms with van der Waals surface area (Å²) in [5.74, 6) is 0.378. The van der Waals surface area contributed by atoms with E-state index in [4.69, 9.17) is 4.74 Å². The normalized spacial score (nSPS) is 10.3. The van der Waals surface area contributed by atoms with E-state index in [0.717, 1.165) is 11.1 Å². The van der Waals surface area contributed by atoms with Gasteiger partial charge in [0.05, 0.1) is 17.0 Å². The Morgan fingerprint density at radius 1 is 1.00 bits per heavy atom. The molecule has 0 atom stereocenters. The molecule has 6 nitrogen and oxygen atoms in total. The van der Waals surface area contributed by atoms with Gasteiger partial charge in [-0.1, -0.05) is 48.5 Å². The summed E-state index contributed by atoms with van der Waals surface area (Å²) in [6.45, 7) is 2.35. The lowest BCUT2D eigenvalue weighted by Crippen LogP contribution is -2.15. The second kappa shape index (κ2) is 8.81. The van der Waals surface area contributed by atoms with Gasteiger partial charge in [-0.05, 0) is 35.7 Å². The van der Waals surface area contributed by atoms with Gasteiger partial charge in [-0.25, -0.2) is 0 Å². The number of hydrogen-bond acceptors (Lipinski definition) is 4. The molecule has 142 valence electrons. The predicted octanol–water partition coefficient (Wildman–Crippen LogP) is 4.66. The highest BCUT2D eigenvalue weighted by Gasteiger charge is 2.11. The Morgan fingerprint density at radius 3 is 2.39 bits per heavy atom. The van der Waals surface area contributed by atoms with Gasteiger partial charge in [0.15, 0.2) is 0 Å². The van der Waals surface area contributed by atoms with E-state index in [1.54, 1.807) is 12.1 Å². The molecule has 0 aliphatic heterocycles. The molecule has 0 unspecified atom stereocenters. The minimum Gasteiger partial charge on any atom is -0.487 e. The molecule has 6 heteroatoms. The molecule has 0 saturated carbocycles. The van der Waals surface area contributed by atoms with Crippen LogP contribution in [0.4, 0.5) is 11.4 Å². The molecule has 0 spiro atoms. The number of nitro benzene ring substituents is 1. The summed E-state index contributed by atoms with van der Waals surface area (Å²) in [5, 5.41) is 13.6. The first-order valence-electron chi connectivity index (χ1n) is 8.82. The number of carbonyl (C=O) groups excluding carboxylic acids is 1. The summed E-state index contributed by atoms with van der Waals surface area (Å²) in [5.41, 5.74) is 3.35.